The van der Waals surface area contributed by atoms with E-state index in [-0.39, 0.29) is 5.75 Å². The monoisotopic (exact) mass is 472 g/mol. The van der Waals surface area contributed by atoms with Gasteiger partial charge >= 0.3 is 12.1 Å². The number of rotatable bonds is 10. The zero-order chi connectivity index (χ0) is 25.0. The topological polar surface area (TPSA) is 129 Å². The Morgan fingerprint density at radius 3 is 2.31 bits per heavy atom. The molecule has 3 aromatic carbocycles. The molecule has 0 unspecified atom stereocenters. The van der Waals surface area contributed by atoms with Crippen LogP contribution in [0.5, 0.6) is 11.5 Å². The van der Waals surface area contributed by atoms with Crippen LogP contribution in [0.15, 0.2) is 91.0 Å². The molecule has 35 heavy (non-hydrogen) atoms. The number of phenols is 1. The molecule has 3 rings (SSSR count). The van der Waals surface area contributed by atoms with Crippen LogP contribution in [0.2, 0.25) is 0 Å². The number of phenolic OH excluding ortho intramolecular Hbond substituents is 1. The Kier molecular flexibility index (Phi) is 8.85. The van der Waals surface area contributed by atoms with Gasteiger partial charge in [0, 0.05) is 11.8 Å². The molecule has 0 saturated heterocycles. The van der Waals surface area contributed by atoms with E-state index in [1.165, 1.54) is 18.2 Å². The Hall–Kier alpha value is -4.77. The van der Waals surface area contributed by atoms with E-state index in [4.69, 9.17) is 19.8 Å². The van der Waals surface area contributed by atoms with Gasteiger partial charge in [-0.15, -0.1) is 0 Å². The molecule has 0 aliphatic carbocycles. The Bertz CT molecular complexity index is 1190. The lowest BCUT2D eigenvalue weighted by molar-refractivity contribution is -0.131. The van der Waals surface area contributed by atoms with Crippen molar-refractivity contribution in [3.05, 3.63) is 102 Å². The molecule has 1 amide bonds. The van der Waals surface area contributed by atoms with Gasteiger partial charge in [-0.25, -0.2) is 9.59 Å². The number of nitrogens with zero attached hydrogens (tertiary/aromatic N) is 1. The minimum absolute atomic E-state index is 0.0550. The van der Waals surface area contributed by atoms with E-state index in [0.29, 0.717) is 35.4 Å². The van der Waals surface area contributed by atoms with E-state index in [1.807, 2.05) is 24.3 Å². The van der Waals surface area contributed by atoms with Crippen molar-refractivity contribution in [3.8, 4) is 17.6 Å². The number of nitrogens with one attached hydrogen (secondary N) is 1. The number of anilines is 1. The second kappa shape index (κ2) is 12.5. The Morgan fingerprint density at radius 1 is 1.00 bits per heavy atom. The van der Waals surface area contributed by atoms with Gasteiger partial charge in [-0.2, -0.15) is 5.26 Å². The fourth-order valence-corrected chi connectivity index (χ4v) is 3.30. The summed E-state index contributed by atoms with van der Waals surface area (Å²) in [5.41, 5.74) is 1.49. The fourth-order valence-electron chi connectivity index (χ4n) is 3.30. The number of amides is 1. The molecule has 0 radical (unpaired) electrons. The van der Waals surface area contributed by atoms with Crippen LogP contribution in [-0.2, 0) is 9.53 Å². The Morgan fingerprint density at radius 2 is 1.69 bits per heavy atom. The highest BCUT2D eigenvalue weighted by Crippen LogP contribution is 2.30. The van der Waals surface area contributed by atoms with Crippen LogP contribution in [0.3, 0.4) is 0 Å². The molecule has 0 aliphatic rings. The van der Waals surface area contributed by atoms with Gasteiger partial charge in [-0.1, -0.05) is 36.4 Å². The molecule has 0 bridgehead atoms. The summed E-state index contributed by atoms with van der Waals surface area (Å²) in [4.78, 5) is 23.6. The van der Waals surface area contributed by atoms with E-state index < -0.39 is 24.3 Å². The summed E-state index contributed by atoms with van der Waals surface area (Å²) in [7, 11) is 0. The molecule has 3 N–H and O–H groups in total. The number of benzene rings is 3. The number of aromatic hydroxyl groups is 1. The third-order valence-electron chi connectivity index (χ3n) is 4.96. The first-order valence-electron chi connectivity index (χ1n) is 10.8. The van der Waals surface area contributed by atoms with Crippen LogP contribution in [0.25, 0.3) is 0 Å². The number of nitriles is 1. The molecule has 3 aromatic rings. The molecule has 178 valence electrons. The summed E-state index contributed by atoms with van der Waals surface area (Å²) in [6, 6.07) is 23.6. The van der Waals surface area contributed by atoms with Crippen molar-refractivity contribution >= 4 is 17.7 Å². The van der Waals surface area contributed by atoms with Gasteiger partial charge in [0.2, 0.25) is 0 Å². The van der Waals surface area contributed by atoms with E-state index in [0.717, 1.165) is 6.08 Å². The van der Waals surface area contributed by atoms with E-state index in [9.17, 15) is 14.7 Å². The number of hydrogen-bond acceptors (Lipinski definition) is 6. The summed E-state index contributed by atoms with van der Waals surface area (Å²) >= 11 is 0. The standard InChI is InChI=1S/C27H24N2O6/c28-18-19-10-14-21(15-11-19)29-27(33)35-26(20-12-16-22(30)17-13-20)24(8-4-5-9-25(31)32)34-23-6-2-1-3-7-23/h1-3,5-7,9-17,24,26,30H,4,8H2,(H,29,33)(H,31,32)/b9-5+/t24-,26-/m0/s1. The average Bonchev–Trinajstić information content (AvgIpc) is 2.86. The SMILES string of the molecule is N#Cc1ccc(NC(=O)O[C@@H](c2ccc(O)cc2)[C@H](CC/C=C/C(=O)O)Oc2ccccc2)cc1. The number of carboxylic acid groups (broad SMARTS) is 1. The lowest BCUT2D eigenvalue weighted by Crippen LogP contribution is -2.31. The normalized spacial score (nSPS) is 12.3. The largest absolute Gasteiger partial charge is 0.508 e. The van der Waals surface area contributed by atoms with Gasteiger partial charge in [0.05, 0.1) is 11.6 Å². The van der Waals surface area contributed by atoms with Crippen molar-refractivity contribution in [3.63, 3.8) is 0 Å². The first-order chi connectivity index (χ1) is 16.9. The molecule has 8 heteroatoms. The van der Waals surface area contributed by atoms with Crippen LogP contribution in [0.4, 0.5) is 10.5 Å². The second-order valence-corrected chi connectivity index (χ2v) is 7.52. The summed E-state index contributed by atoms with van der Waals surface area (Å²) in [6.07, 6.45) is 0.963. The molecular weight excluding hydrogens is 448 g/mol. The number of ether oxygens (including phenoxy) is 2. The number of carbonyl (C=O) groups excluding carboxylic acids is 1. The van der Waals surface area contributed by atoms with Crippen LogP contribution in [0.1, 0.15) is 30.1 Å². The van der Waals surface area contributed by atoms with Crippen LogP contribution < -0.4 is 10.1 Å². The zero-order valence-electron chi connectivity index (χ0n) is 18.7. The number of aliphatic carboxylic acids is 1. The Labute approximate surface area is 202 Å². The average molecular weight is 472 g/mol. The van der Waals surface area contributed by atoms with Gasteiger partial charge < -0.3 is 19.7 Å². The van der Waals surface area contributed by atoms with Crippen molar-refractivity contribution < 1.29 is 29.3 Å². The van der Waals surface area contributed by atoms with Gasteiger partial charge in [-0.05, 0) is 66.9 Å². The summed E-state index contributed by atoms with van der Waals surface area (Å²) < 4.78 is 12.0. The van der Waals surface area contributed by atoms with Crippen LogP contribution in [-0.4, -0.2) is 28.4 Å². The maximum absolute atomic E-state index is 12.8. The van der Waals surface area contributed by atoms with Gasteiger partial charge in [-0.3, -0.25) is 5.32 Å². The van der Waals surface area contributed by atoms with Gasteiger partial charge in [0.25, 0.3) is 0 Å². The van der Waals surface area contributed by atoms with E-state index >= 15 is 0 Å². The highest BCUT2D eigenvalue weighted by molar-refractivity contribution is 5.84. The third-order valence-corrected chi connectivity index (χ3v) is 4.96. The quantitative estimate of drug-likeness (QED) is 0.336. The first kappa shape index (κ1) is 24.9. The molecule has 0 spiro atoms. The van der Waals surface area contributed by atoms with Crippen LogP contribution in [0, 0.1) is 11.3 Å². The van der Waals surface area contributed by atoms with Gasteiger partial charge in [0.1, 0.15) is 17.6 Å². The van der Waals surface area contributed by atoms with Crippen molar-refractivity contribution in [1.29, 1.82) is 5.26 Å². The molecule has 0 saturated carbocycles. The predicted octanol–water partition coefficient (Wildman–Crippen LogP) is 5.42. The van der Waals surface area contributed by atoms with Gasteiger partial charge in [0.15, 0.2) is 6.10 Å². The fraction of sp³-hybridized carbons (Fsp3) is 0.148. The number of carbonyl (C=O) groups is 2. The summed E-state index contributed by atoms with van der Waals surface area (Å²) in [5.74, 6) is -0.447. The predicted molar refractivity (Wildman–Crippen MR) is 129 cm³/mol. The third kappa shape index (κ3) is 7.94. The van der Waals surface area contributed by atoms with Crippen molar-refractivity contribution in [1.82, 2.24) is 0 Å². The molecule has 0 aliphatic heterocycles. The minimum Gasteiger partial charge on any atom is -0.508 e. The smallest absolute Gasteiger partial charge is 0.412 e. The molecule has 8 nitrogen and oxygen atoms in total. The second-order valence-electron chi connectivity index (χ2n) is 7.52. The van der Waals surface area contributed by atoms with Crippen molar-refractivity contribution in [2.75, 3.05) is 5.32 Å². The molecule has 0 fully saturated rings. The Balaban J connectivity index is 1.86. The molecular formula is C27H24N2O6. The first-order valence-corrected chi connectivity index (χ1v) is 10.8. The highest BCUT2D eigenvalue weighted by atomic mass is 16.6. The van der Waals surface area contributed by atoms with Crippen molar-refractivity contribution in [2.45, 2.75) is 25.0 Å². The summed E-state index contributed by atoms with van der Waals surface area (Å²) in [6.45, 7) is 0. The summed E-state index contributed by atoms with van der Waals surface area (Å²) in [5, 5.41) is 30.2. The maximum Gasteiger partial charge on any atom is 0.412 e. The number of para-hydroxylation sites is 1. The van der Waals surface area contributed by atoms with E-state index in [1.54, 1.807) is 48.5 Å². The molecule has 0 aromatic heterocycles. The van der Waals surface area contributed by atoms with Crippen molar-refractivity contribution in [2.24, 2.45) is 0 Å². The zero-order valence-corrected chi connectivity index (χ0v) is 18.7. The number of hydrogen-bond donors (Lipinski definition) is 3. The van der Waals surface area contributed by atoms with E-state index in [2.05, 4.69) is 5.32 Å². The minimum atomic E-state index is -1.06. The number of allylic oxidation sites excluding steroid dienone is 1. The van der Waals surface area contributed by atoms with Crippen LogP contribution >= 0.6 is 0 Å². The number of carboxylic acids is 1. The highest BCUT2D eigenvalue weighted by Gasteiger charge is 2.29. The lowest BCUT2D eigenvalue weighted by atomic mass is 10.00. The molecule has 2 atom stereocenters. The lowest BCUT2D eigenvalue weighted by Gasteiger charge is -2.28. The molecule has 0 heterocycles. The maximum atomic E-state index is 12.8.